The molecule has 0 saturated carbocycles. The third-order valence-corrected chi connectivity index (χ3v) is 0.671. The first-order valence-corrected chi connectivity index (χ1v) is 2.52. The summed E-state index contributed by atoms with van der Waals surface area (Å²) in [6, 6.07) is 0. The van der Waals surface area contributed by atoms with Gasteiger partial charge in [0.2, 0.25) is 0 Å². The molecule has 0 aliphatic rings. The Hall–Kier alpha value is -0.0100. The van der Waals surface area contributed by atoms with E-state index < -0.39 is 0 Å². The Morgan fingerprint density at radius 3 is 2.43 bits per heavy atom. The van der Waals surface area contributed by atoms with Crippen molar-refractivity contribution in [3.05, 3.63) is 11.6 Å². The largest absolute Gasteiger partial charge is 0.393 e. The van der Waals surface area contributed by atoms with Gasteiger partial charge >= 0.3 is 0 Å². The molecule has 0 radical (unpaired) electrons. The average Bonchev–Trinajstić information content (AvgIpc) is 1.27. The Morgan fingerprint density at radius 2 is 2.43 bits per heavy atom. The monoisotopic (exact) mass is 120 g/mol. The summed E-state index contributed by atoms with van der Waals surface area (Å²) in [6.07, 6.45) is 0.131. The highest BCUT2D eigenvalue weighted by molar-refractivity contribution is 6.29. The molecular formula is C5H9ClO. The molecule has 0 aliphatic carbocycles. The van der Waals surface area contributed by atoms with Gasteiger partial charge < -0.3 is 5.11 Å². The molecule has 0 aliphatic heterocycles. The first-order chi connectivity index (χ1) is 3.13. The van der Waals surface area contributed by atoms with Gasteiger partial charge in [0.05, 0.1) is 6.10 Å². The second-order valence-electron chi connectivity index (χ2n) is 1.57. The summed E-state index contributed by atoms with van der Waals surface area (Å²) in [4.78, 5) is 0. The van der Waals surface area contributed by atoms with Gasteiger partial charge in [0.15, 0.2) is 0 Å². The standard InChI is InChI=1S/C5H9ClO/c1-4(6)3-5(2)7/h5,7H,1,3H2,2H3. The van der Waals surface area contributed by atoms with Crippen LogP contribution in [0.4, 0.5) is 0 Å². The van der Waals surface area contributed by atoms with Crippen molar-refractivity contribution in [2.75, 3.05) is 0 Å². The minimum Gasteiger partial charge on any atom is -0.393 e. The van der Waals surface area contributed by atoms with Crippen molar-refractivity contribution in [2.24, 2.45) is 0 Å². The SMILES string of the molecule is C=C(Cl)CC(C)O. The zero-order valence-electron chi connectivity index (χ0n) is 4.32. The molecule has 0 aromatic heterocycles. The molecular weight excluding hydrogens is 112 g/mol. The third-order valence-electron chi connectivity index (χ3n) is 0.517. The predicted octanol–water partition coefficient (Wildman–Crippen LogP) is 1.51. The van der Waals surface area contributed by atoms with Gasteiger partial charge in [-0.3, -0.25) is 0 Å². The zero-order chi connectivity index (χ0) is 5.86. The van der Waals surface area contributed by atoms with E-state index in [0.29, 0.717) is 11.5 Å². The molecule has 0 aromatic rings. The van der Waals surface area contributed by atoms with Crippen LogP contribution in [-0.4, -0.2) is 11.2 Å². The Morgan fingerprint density at radius 1 is 2.00 bits per heavy atom. The molecule has 0 spiro atoms. The highest BCUT2D eigenvalue weighted by atomic mass is 35.5. The van der Waals surface area contributed by atoms with Gasteiger partial charge in [0.1, 0.15) is 0 Å². The van der Waals surface area contributed by atoms with Crippen LogP contribution in [-0.2, 0) is 0 Å². The summed E-state index contributed by atoms with van der Waals surface area (Å²) < 4.78 is 0. The highest BCUT2D eigenvalue weighted by Crippen LogP contribution is 2.05. The van der Waals surface area contributed by atoms with Crippen LogP contribution in [0.3, 0.4) is 0 Å². The van der Waals surface area contributed by atoms with E-state index in [1.54, 1.807) is 6.92 Å². The lowest BCUT2D eigenvalue weighted by atomic mass is 10.3. The lowest BCUT2D eigenvalue weighted by Gasteiger charge is -1.97. The van der Waals surface area contributed by atoms with Crippen LogP contribution in [0.1, 0.15) is 13.3 Å². The van der Waals surface area contributed by atoms with E-state index in [4.69, 9.17) is 16.7 Å². The van der Waals surface area contributed by atoms with Gasteiger partial charge in [0, 0.05) is 11.5 Å². The molecule has 1 atom stereocenters. The number of hydrogen-bond acceptors (Lipinski definition) is 1. The quantitative estimate of drug-likeness (QED) is 0.586. The molecule has 0 amide bonds. The summed E-state index contributed by atoms with van der Waals surface area (Å²) in [6.45, 7) is 5.07. The van der Waals surface area contributed by atoms with Crippen LogP contribution >= 0.6 is 11.6 Å². The molecule has 0 heterocycles. The summed E-state index contributed by atoms with van der Waals surface area (Å²) in [5, 5.41) is 9.09. The first kappa shape index (κ1) is 6.99. The third kappa shape index (κ3) is 5.99. The Bertz CT molecular complexity index is 68.5. The fourth-order valence-electron chi connectivity index (χ4n) is 0.321. The maximum atomic E-state index is 8.58. The van der Waals surface area contributed by atoms with Gasteiger partial charge in [0.25, 0.3) is 0 Å². The average molecular weight is 121 g/mol. The molecule has 1 N–H and O–H groups in total. The number of aliphatic hydroxyl groups excluding tert-OH is 1. The maximum absolute atomic E-state index is 8.58. The minimum absolute atomic E-state index is 0.356. The molecule has 2 heteroatoms. The number of rotatable bonds is 2. The summed E-state index contributed by atoms with van der Waals surface area (Å²) >= 11 is 5.32. The lowest BCUT2D eigenvalue weighted by Crippen LogP contribution is -1.97. The van der Waals surface area contributed by atoms with E-state index in [-0.39, 0.29) is 6.10 Å². The van der Waals surface area contributed by atoms with Gasteiger partial charge in [-0.2, -0.15) is 0 Å². The Balaban J connectivity index is 3.13. The van der Waals surface area contributed by atoms with Crippen LogP contribution in [0.25, 0.3) is 0 Å². The van der Waals surface area contributed by atoms with Gasteiger partial charge in [-0.15, -0.1) is 0 Å². The normalized spacial score (nSPS) is 13.6. The Labute approximate surface area is 48.6 Å². The van der Waals surface area contributed by atoms with Gasteiger partial charge in [-0.1, -0.05) is 18.2 Å². The fraction of sp³-hybridized carbons (Fsp3) is 0.600. The second kappa shape index (κ2) is 3.05. The molecule has 1 unspecified atom stereocenters. The van der Waals surface area contributed by atoms with Crippen molar-refractivity contribution in [3.63, 3.8) is 0 Å². The van der Waals surface area contributed by atoms with E-state index in [0.717, 1.165) is 0 Å². The topological polar surface area (TPSA) is 20.2 Å². The smallest absolute Gasteiger partial charge is 0.0560 e. The van der Waals surface area contributed by atoms with Gasteiger partial charge in [-0.05, 0) is 6.92 Å². The lowest BCUT2D eigenvalue weighted by molar-refractivity contribution is 0.197. The van der Waals surface area contributed by atoms with Crippen LogP contribution in [0, 0.1) is 0 Å². The molecule has 0 bridgehead atoms. The number of hydrogen-bond donors (Lipinski definition) is 1. The molecule has 0 rings (SSSR count). The van der Waals surface area contributed by atoms with Crippen LogP contribution in [0.5, 0.6) is 0 Å². The van der Waals surface area contributed by atoms with E-state index in [2.05, 4.69) is 6.58 Å². The first-order valence-electron chi connectivity index (χ1n) is 2.14. The van der Waals surface area contributed by atoms with Gasteiger partial charge in [-0.25, -0.2) is 0 Å². The summed E-state index contributed by atoms with van der Waals surface area (Å²) in [7, 11) is 0. The molecule has 0 aromatic carbocycles. The van der Waals surface area contributed by atoms with Crippen LogP contribution in [0.2, 0.25) is 0 Å². The fourth-order valence-corrected chi connectivity index (χ4v) is 0.544. The van der Waals surface area contributed by atoms with E-state index in [1.165, 1.54) is 0 Å². The van der Waals surface area contributed by atoms with Crippen molar-refractivity contribution in [1.29, 1.82) is 0 Å². The van der Waals surface area contributed by atoms with Crippen molar-refractivity contribution >= 4 is 11.6 Å². The maximum Gasteiger partial charge on any atom is 0.0560 e. The van der Waals surface area contributed by atoms with E-state index in [9.17, 15) is 0 Å². The van der Waals surface area contributed by atoms with Crippen molar-refractivity contribution in [1.82, 2.24) is 0 Å². The minimum atomic E-state index is -0.356. The molecule has 0 saturated heterocycles. The van der Waals surface area contributed by atoms with Crippen molar-refractivity contribution in [2.45, 2.75) is 19.4 Å². The predicted molar refractivity (Wildman–Crippen MR) is 31.3 cm³/mol. The number of halogens is 1. The van der Waals surface area contributed by atoms with Crippen LogP contribution in [0.15, 0.2) is 11.6 Å². The molecule has 7 heavy (non-hydrogen) atoms. The number of aliphatic hydroxyl groups is 1. The van der Waals surface area contributed by atoms with E-state index in [1.807, 2.05) is 0 Å². The van der Waals surface area contributed by atoms with E-state index >= 15 is 0 Å². The molecule has 42 valence electrons. The highest BCUT2D eigenvalue weighted by Gasteiger charge is 1.93. The van der Waals surface area contributed by atoms with Crippen molar-refractivity contribution < 1.29 is 5.11 Å². The molecule has 1 nitrogen and oxygen atoms in total. The molecule has 0 fully saturated rings. The summed E-state index contributed by atoms with van der Waals surface area (Å²) in [5.41, 5.74) is 0. The van der Waals surface area contributed by atoms with Crippen LogP contribution < -0.4 is 0 Å². The zero-order valence-corrected chi connectivity index (χ0v) is 5.07. The second-order valence-corrected chi connectivity index (χ2v) is 2.10. The Kier molecular flexibility index (Phi) is 3.05. The van der Waals surface area contributed by atoms with Crippen molar-refractivity contribution in [3.8, 4) is 0 Å². The summed E-state index contributed by atoms with van der Waals surface area (Å²) in [5.74, 6) is 0.